The Morgan fingerprint density at radius 1 is 1.20 bits per heavy atom. The molecule has 0 bridgehead atoms. The van der Waals surface area contributed by atoms with Crippen molar-refractivity contribution in [2.75, 3.05) is 0 Å². The fraction of sp³-hybridized carbons (Fsp3) is 0. The van der Waals surface area contributed by atoms with Gasteiger partial charge in [0.25, 0.3) is 0 Å². The molecule has 0 nitrogen and oxygen atoms in total. The first-order chi connectivity index (χ1) is 1.73. The van der Waals surface area contributed by atoms with Crippen molar-refractivity contribution in [3.8, 4) is 0 Å². The lowest BCUT2D eigenvalue weighted by Gasteiger charge is -1.60. The van der Waals surface area contributed by atoms with Gasteiger partial charge in [-0.15, -0.1) is 0 Å². The lowest BCUT2D eigenvalue weighted by atomic mass is 18.7. The van der Waals surface area contributed by atoms with Crippen molar-refractivity contribution in [3.63, 3.8) is 0 Å². The van der Waals surface area contributed by atoms with Crippen molar-refractivity contribution in [3.05, 3.63) is 0 Å². The number of hydrogen-bond donors (Lipinski definition) is 0. The first kappa shape index (κ1) is 8.97. The largest absolute Gasteiger partial charge is 0.599 e. The summed E-state index contributed by atoms with van der Waals surface area (Å²) < 4.78 is 29.4. The molecule has 0 heterocycles. The molecule has 0 aliphatic rings. The lowest BCUT2D eigenvalue weighted by Crippen LogP contribution is -1.76. The van der Waals surface area contributed by atoms with Crippen LogP contribution in [0.5, 0.6) is 0 Å². The van der Waals surface area contributed by atoms with Gasteiger partial charge in [-0.1, -0.05) is 0 Å². The molecule has 5 heteroatoms. The second-order valence-corrected chi connectivity index (χ2v) is 0.742. The van der Waals surface area contributed by atoms with E-state index >= 15 is 0 Å². The average Bonchev–Trinajstić information content (AvgIpc) is 0.811. The molecule has 5 heavy (non-hydrogen) atoms. The van der Waals surface area contributed by atoms with E-state index in [1.54, 1.807) is 0 Å². The molecule has 0 radical (unpaired) electrons. The summed E-state index contributed by atoms with van der Waals surface area (Å²) >= 11 is 0. The van der Waals surface area contributed by atoms with E-state index in [9.17, 15) is 12.3 Å². The smallest absolute Gasteiger partial charge is 0.240 e. The molecular formula is H7F3Si2. The molecular weight excluding hydrogens is 113 g/mol. The minimum Gasteiger partial charge on any atom is -0.240 e. The Morgan fingerprint density at radius 2 is 1.20 bits per heavy atom. The van der Waals surface area contributed by atoms with Gasteiger partial charge >= 0.3 is 9.80 Å². The zero-order valence-corrected chi connectivity index (χ0v) is 2.87. The van der Waals surface area contributed by atoms with Gasteiger partial charge in [0.15, 0.2) is 0 Å². The van der Waals surface area contributed by atoms with Gasteiger partial charge in [0, 0.05) is 1.43 Å². The number of rotatable bonds is 0. The Balaban J connectivity index is -0.0000000450. The van der Waals surface area contributed by atoms with Gasteiger partial charge in [0.1, 0.15) is 0 Å². The Hall–Kier alpha value is 0.224. The van der Waals surface area contributed by atoms with E-state index < -0.39 is 9.80 Å². The fourth-order valence-electron chi connectivity index (χ4n) is 0. The van der Waals surface area contributed by atoms with Crippen LogP contribution >= 0.6 is 0 Å². The van der Waals surface area contributed by atoms with Crippen LogP contribution < -0.4 is 0 Å². The van der Waals surface area contributed by atoms with Gasteiger partial charge in [-0.2, -0.15) is 0 Å². The van der Waals surface area contributed by atoms with E-state index in [2.05, 4.69) is 0 Å². The average molecular weight is 120 g/mol. The Morgan fingerprint density at radius 3 is 1.20 bits per heavy atom. The summed E-state index contributed by atoms with van der Waals surface area (Å²) in [5.74, 6) is 0. The van der Waals surface area contributed by atoms with Crippen molar-refractivity contribution in [1.82, 2.24) is 0 Å². The van der Waals surface area contributed by atoms with Crippen molar-refractivity contribution >= 4 is 20.8 Å². The summed E-state index contributed by atoms with van der Waals surface area (Å²) in [5.41, 5.74) is 0. The van der Waals surface area contributed by atoms with Crippen LogP contribution in [0.25, 0.3) is 0 Å². The first-order valence-electron chi connectivity index (χ1n) is 0.655. The molecule has 0 rings (SSSR count). The van der Waals surface area contributed by atoms with E-state index in [1.807, 2.05) is 0 Å². The molecule has 36 valence electrons. The molecule has 0 saturated heterocycles. The van der Waals surface area contributed by atoms with E-state index in [4.69, 9.17) is 0 Å². The lowest BCUT2D eigenvalue weighted by molar-refractivity contribution is 0.535. The molecule has 0 aliphatic heterocycles. The van der Waals surface area contributed by atoms with Gasteiger partial charge in [0.05, 0.1) is 0 Å². The molecule has 0 fully saturated rings. The zero-order valence-electron chi connectivity index (χ0n) is 1.71. The summed E-state index contributed by atoms with van der Waals surface area (Å²) in [7, 11) is -4.64. The van der Waals surface area contributed by atoms with Crippen molar-refractivity contribution < 1.29 is 13.8 Å². The molecule has 0 aromatic heterocycles. The maximum absolute atomic E-state index is 9.81. The minimum absolute atomic E-state index is 0. The fourth-order valence-corrected chi connectivity index (χ4v) is 0. The highest BCUT2D eigenvalue weighted by Crippen LogP contribution is 1.80. The van der Waals surface area contributed by atoms with E-state index in [-0.39, 0.29) is 12.4 Å². The van der Waals surface area contributed by atoms with Crippen LogP contribution in [-0.4, -0.2) is 20.8 Å². The highest BCUT2D eigenvalue weighted by Gasteiger charge is 1.96. The zero-order chi connectivity index (χ0) is 3.58. The normalized spacial score (nSPS) is 7.20. The highest BCUT2D eigenvalue weighted by atomic mass is 28.4. The summed E-state index contributed by atoms with van der Waals surface area (Å²) in [6.45, 7) is 0. The predicted molar refractivity (Wildman–Crippen MR) is 23.9 cm³/mol. The third-order valence-corrected chi connectivity index (χ3v) is 0. The van der Waals surface area contributed by atoms with Crippen molar-refractivity contribution in [2.24, 2.45) is 0 Å². The highest BCUT2D eigenvalue weighted by molar-refractivity contribution is 6.33. The van der Waals surface area contributed by atoms with Crippen molar-refractivity contribution in [2.45, 2.75) is 0 Å². The van der Waals surface area contributed by atoms with Crippen LogP contribution in [0.4, 0.5) is 12.3 Å². The summed E-state index contributed by atoms with van der Waals surface area (Å²) in [6, 6.07) is 0. The van der Waals surface area contributed by atoms with E-state index in [0.29, 0.717) is 0 Å². The standard InChI is InChI=1S/F3HSi.H4Si.H2/c1-4(2)3;;/h4H;1H4;1H. The third kappa shape index (κ3) is 417. The first-order valence-corrected chi connectivity index (χ1v) is 1.96. The molecule has 0 saturated carbocycles. The summed E-state index contributed by atoms with van der Waals surface area (Å²) in [5, 5.41) is 0. The van der Waals surface area contributed by atoms with Crippen LogP contribution in [0, 0.1) is 0 Å². The predicted octanol–water partition coefficient (Wildman–Crippen LogP) is -0.593. The Labute approximate surface area is 35.6 Å². The molecule has 0 aliphatic carbocycles. The van der Waals surface area contributed by atoms with Crippen LogP contribution in [-0.2, 0) is 0 Å². The number of hydrogen-bond acceptors (Lipinski definition) is 0. The summed E-state index contributed by atoms with van der Waals surface area (Å²) in [4.78, 5) is 0. The Bertz CT molecular complexity index is 13.5. The van der Waals surface area contributed by atoms with Crippen LogP contribution in [0.1, 0.15) is 1.43 Å². The second kappa shape index (κ2) is 4.22. The van der Waals surface area contributed by atoms with Gasteiger partial charge < -0.3 is 0 Å². The SMILES string of the molecule is F[SiH](F)F.[HH].[SiH4]. The molecule has 0 N–H and O–H groups in total. The van der Waals surface area contributed by atoms with Crippen LogP contribution in [0.2, 0.25) is 0 Å². The van der Waals surface area contributed by atoms with E-state index in [0.717, 1.165) is 0 Å². The molecule has 0 atom stereocenters. The van der Waals surface area contributed by atoms with Gasteiger partial charge in [-0.25, -0.2) is 12.3 Å². The second-order valence-electron chi connectivity index (χ2n) is 0.247. The maximum Gasteiger partial charge on any atom is 0.599 e. The van der Waals surface area contributed by atoms with Gasteiger partial charge in [-0.05, 0) is 11.0 Å². The maximum atomic E-state index is 9.81. The monoisotopic (exact) mass is 120 g/mol. The quantitative estimate of drug-likeness (QED) is 0.296. The van der Waals surface area contributed by atoms with Gasteiger partial charge in [0.2, 0.25) is 0 Å². The third-order valence-electron chi connectivity index (χ3n) is 0. The molecule has 0 aromatic carbocycles. The minimum atomic E-state index is -4.64. The molecule has 0 amide bonds. The summed E-state index contributed by atoms with van der Waals surface area (Å²) in [6.07, 6.45) is 0. The Kier molecular flexibility index (Phi) is 7.58. The van der Waals surface area contributed by atoms with Crippen molar-refractivity contribution in [1.29, 1.82) is 0 Å². The molecule has 0 aromatic rings. The topological polar surface area (TPSA) is 0 Å². The van der Waals surface area contributed by atoms with Crippen LogP contribution in [0.3, 0.4) is 0 Å². The molecule has 0 unspecified atom stereocenters. The van der Waals surface area contributed by atoms with Gasteiger partial charge in [-0.3, -0.25) is 0 Å². The van der Waals surface area contributed by atoms with E-state index in [1.165, 1.54) is 0 Å². The van der Waals surface area contributed by atoms with Crippen LogP contribution in [0.15, 0.2) is 0 Å². The molecule has 0 spiro atoms. The number of halogens is 3.